The van der Waals surface area contributed by atoms with E-state index in [1.807, 2.05) is 0 Å². The third-order valence-electron chi connectivity index (χ3n) is 2.05. The average molecular weight is 228 g/mol. The average Bonchev–Trinajstić information content (AvgIpc) is 2.14. The molecular weight excluding hydrogens is 209 g/mol. The quantitative estimate of drug-likeness (QED) is 0.510. The molecule has 0 saturated heterocycles. The molecule has 0 saturated carbocycles. The summed E-state index contributed by atoms with van der Waals surface area (Å²) in [6, 6.07) is 0. The molecule has 0 radical (unpaired) electrons. The van der Waals surface area contributed by atoms with Crippen LogP contribution in [0.1, 0.15) is 45.4 Å². The zero-order chi connectivity index (χ0) is 11.7. The van der Waals surface area contributed by atoms with Gasteiger partial charge < -0.3 is 9.84 Å². The second kappa shape index (κ2) is 7.93. The number of unbranched alkanes of at least 4 members (excludes halogenated alkanes) is 5. The second-order valence-corrected chi connectivity index (χ2v) is 3.53. The van der Waals surface area contributed by atoms with Gasteiger partial charge in [0.2, 0.25) is 0 Å². The van der Waals surface area contributed by atoms with Crippen molar-refractivity contribution in [3.05, 3.63) is 0 Å². The van der Waals surface area contributed by atoms with Crippen LogP contribution in [-0.2, 0) is 4.74 Å². The summed E-state index contributed by atoms with van der Waals surface area (Å²) in [5.41, 5.74) is 0. The number of alkyl halides is 3. The zero-order valence-corrected chi connectivity index (χ0v) is 9.02. The van der Waals surface area contributed by atoms with Crippen LogP contribution in [0.25, 0.3) is 0 Å². The van der Waals surface area contributed by atoms with E-state index in [0.717, 1.165) is 32.1 Å². The molecule has 0 fully saturated rings. The van der Waals surface area contributed by atoms with E-state index in [9.17, 15) is 13.2 Å². The maximum absolute atomic E-state index is 11.7. The van der Waals surface area contributed by atoms with Crippen LogP contribution < -0.4 is 0 Å². The maximum atomic E-state index is 11.7. The first-order chi connectivity index (χ1) is 6.98. The Morgan fingerprint density at radius 1 is 1.07 bits per heavy atom. The Bertz CT molecular complexity index is 148. The Kier molecular flexibility index (Phi) is 7.78. The minimum Gasteiger partial charge on any atom is -0.361 e. The molecule has 0 amide bonds. The fourth-order valence-corrected chi connectivity index (χ4v) is 1.17. The molecule has 0 spiro atoms. The normalized spacial score (nSPS) is 14.2. The number of halogens is 3. The molecular formula is C10H19F3O2. The number of hydrogen-bond acceptors (Lipinski definition) is 2. The van der Waals surface area contributed by atoms with E-state index in [2.05, 4.69) is 11.7 Å². The minimum atomic E-state index is -4.66. The molecule has 1 unspecified atom stereocenters. The molecule has 0 bridgehead atoms. The summed E-state index contributed by atoms with van der Waals surface area (Å²) in [7, 11) is 0. The number of aliphatic hydroxyl groups is 1. The number of rotatable bonds is 8. The fraction of sp³-hybridized carbons (Fsp3) is 1.00. The molecule has 5 heteroatoms. The van der Waals surface area contributed by atoms with Gasteiger partial charge in [-0.1, -0.05) is 39.0 Å². The Labute approximate surface area is 88.4 Å². The lowest BCUT2D eigenvalue weighted by molar-refractivity contribution is -0.293. The predicted molar refractivity (Wildman–Crippen MR) is 51.4 cm³/mol. The molecule has 0 aromatic carbocycles. The first-order valence-corrected chi connectivity index (χ1v) is 5.35. The monoisotopic (exact) mass is 228 g/mol. The van der Waals surface area contributed by atoms with E-state index >= 15 is 0 Å². The van der Waals surface area contributed by atoms with Crippen LogP contribution in [0.15, 0.2) is 0 Å². The summed E-state index contributed by atoms with van der Waals surface area (Å²) in [6.07, 6.45) is -1.45. The van der Waals surface area contributed by atoms with Crippen LogP contribution in [0.5, 0.6) is 0 Å². The summed E-state index contributed by atoms with van der Waals surface area (Å²) >= 11 is 0. The molecule has 1 N–H and O–H groups in total. The fourth-order valence-electron chi connectivity index (χ4n) is 1.17. The van der Waals surface area contributed by atoms with Crippen LogP contribution in [0, 0.1) is 0 Å². The van der Waals surface area contributed by atoms with Crippen molar-refractivity contribution in [1.82, 2.24) is 0 Å². The van der Waals surface area contributed by atoms with Gasteiger partial charge in [0.1, 0.15) is 0 Å². The maximum Gasteiger partial charge on any atom is 0.439 e. The molecule has 0 aliphatic rings. The van der Waals surface area contributed by atoms with Crippen molar-refractivity contribution < 1.29 is 23.0 Å². The van der Waals surface area contributed by atoms with Crippen molar-refractivity contribution in [3.8, 4) is 0 Å². The van der Waals surface area contributed by atoms with E-state index in [4.69, 9.17) is 5.11 Å². The van der Waals surface area contributed by atoms with Crippen molar-refractivity contribution in [2.75, 3.05) is 6.61 Å². The summed E-state index contributed by atoms with van der Waals surface area (Å²) in [4.78, 5) is 0. The van der Waals surface area contributed by atoms with Gasteiger partial charge in [-0.15, -0.1) is 0 Å². The molecule has 1 atom stereocenters. The van der Waals surface area contributed by atoms with Crippen molar-refractivity contribution >= 4 is 0 Å². The van der Waals surface area contributed by atoms with Gasteiger partial charge in [0.05, 0.1) is 6.61 Å². The molecule has 0 aliphatic heterocycles. The standard InChI is InChI=1S/C10H19F3O2/c1-2-3-4-5-6-7-8-15-9(14)10(11,12)13/h9,14H,2-8H2,1H3. The molecule has 0 heterocycles. The van der Waals surface area contributed by atoms with Crippen molar-refractivity contribution in [3.63, 3.8) is 0 Å². The van der Waals surface area contributed by atoms with Gasteiger partial charge in [0, 0.05) is 0 Å². The summed E-state index contributed by atoms with van der Waals surface area (Å²) in [6.45, 7) is 2.07. The van der Waals surface area contributed by atoms with Gasteiger partial charge >= 0.3 is 6.18 Å². The molecule has 2 nitrogen and oxygen atoms in total. The molecule has 0 aromatic rings. The summed E-state index contributed by atoms with van der Waals surface area (Å²) in [5, 5.41) is 8.48. The third kappa shape index (κ3) is 8.69. The van der Waals surface area contributed by atoms with Gasteiger partial charge in [-0.05, 0) is 6.42 Å². The van der Waals surface area contributed by atoms with Crippen LogP contribution >= 0.6 is 0 Å². The van der Waals surface area contributed by atoms with Gasteiger partial charge in [-0.2, -0.15) is 13.2 Å². The van der Waals surface area contributed by atoms with Gasteiger partial charge in [0.15, 0.2) is 0 Å². The molecule has 15 heavy (non-hydrogen) atoms. The van der Waals surface area contributed by atoms with Crippen molar-refractivity contribution in [1.29, 1.82) is 0 Å². The minimum absolute atomic E-state index is 0.0349. The number of ether oxygens (including phenoxy) is 1. The Balaban J connectivity index is 3.24. The second-order valence-electron chi connectivity index (χ2n) is 3.53. The van der Waals surface area contributed by atoms with Crippen molar-refractivity contribution in [2.45, 2.75) is 57.9 Å². The van der Waals surface area contributed by atoms with Crippen LogP contribution in [0.2, 0.25) is 0 Å². The Hall–Kier alpha value is -0.290. The molecule has 0 aromatic heterocycles. The topological polar surface area (TPSA) is 29.5 Å². The van der Waals surface area contributed by atoms with Crippen molar-refractivity contribution in [2.24, 2.45) is 0 Å². The highest BCUT2D eigenvalue weighted by molar-refractivity contribution is 4.53. The Morgan fingerprint density at radius 2 is 1.60 bits per heavy atom. The molecule has 0 rings (SSSR count). The van der Waals surface area contributed by atoms with E-state index in [-0.39, 0.29) is 6.61 Å². The van der Waals surface area contributed by atoms with E-state index in [1.54, 1.807) is 0 Å². The third-order valence-corrected chi connectivity index (χ3v) is 2.05. The molecule has 0 aliphatic carbocycles. The smallest absolute Gasteiger partial charge is 0.361 e. The SMILES string of the molecule is CCCCCCCCOC(O)C(F)(F)F. The van der Waals surface area contributed by atoms with Crippen LogP contribution in [0.3, 0.4) is 0 Å². The van der Waals surface area contributed by atoms with E-state index < -0.39 is 12.5 Å². The first kappa shape index (κ1) is 14.7. The van der Waals surface area contributed by atoms with Gasteiger partial charge in [-0.25, -0.2) is 0 Å². The van der Waals surface area contributed by atoms with Gasteiger partial charge in [-0.3, -0.25) is 0 Å². The van der Waals surface area contributed by atoms with Crippen LogP contribution in [-0.4, -0.2) is 24.2 Å². The summed E-state index contributed by atoms with van der Waals surface area (Å²) < 4.78 is 39.5. The highest BCUT2D eigenvalue weighted by Gasteiger charge is 2.39. The lowest BCUT2D eigenvalue weighted by atomic mass is 10.1. The largest absolute Gasteiger partial charge is 0.439 e. The first-order valence-electron chi connectivity index (χ1n) is 5.35. The summed E-state index contributed by atoms with van der Waals surface area (Å²) in [5.74, 6) is 0. The number of aliphatic hydroxyl groups excluding tert-OH is 1. The molecule has 92 valence electrons. The van der Waals surface area contributed by atoms with E-state index in [1.165, 1.54) is 0 Å². The predicted octanol–water partition coefficient (Wildman–Crippen LogP) is 3.24. The Morgan fingerprint density at radius 3 is 2.13 bits per heavy atom. The van der Waals surface area contributed by atoms with Crippen LogP contribution in [0.4, 0.5) is 13.2 Å². The van der Waals surface area contributed by atoms with E-state index in [0.29, 0.717) is 6.42 Å². The van der Waals surface area contributed by atoms with Gasteiger partial charge in [0.25, 0.3) is 6.29 Å². The lowest BCUT2D eigenvalue weighted by Crippen LogP contribution is -2.31. The zero-order valence-electron chi connectivity index (χ0n) is 9.02. The highest BCUT2D eigenvalue weighted by Crippen LogP contribution is 2.20. The lowest BCUT2D eigenvalue weighted by Gasteiger charge is -2.14. The number of hydrogen-bond donors (Lipinski definition) is 1. The highest BCUT2D eigenvalue weighted by atomic mass is 19.4.